The van der Waals surface area contributed by atoms with Gasteiger partial charge in [0.15, 0.2) is 0 Å². The molecule has 0 unspecified atom stereocenters. The van der Waals surface area contributed by atoms with Crippen LogP contribution in [0.3, 0.4) is 0 Å². The van der Waals surface area contributed by atoms with Crippen LogP contribution >= 0.6 is 0 Å². The number of ether oxygens (including phenoxy) is 1. The fourth-order valence-corrected chi connectivity index (χ4v) is 1.46. The minimum absolute atomic E-state index is 0.0593. The van der Waals surface area contributed by atoms with E-state index in [1.54, 1.807) is 0 Å². The maximum atomic E-state index is 13.1. The molecule has 0 saturated heterocycles. The molecular weight excluding hydrogens is 253 g/mol. The summed E-state index contributed by atoms with van der Waals surface area (Å²) in [7, 11) is 1.18. The van der Waals surface area contributed by atoms with Crippen LogP contribution in [0, 0.1) is 5.82 Å². The van der Waals surface area contributed by atoms with Gasteiger partial charge in [0.25, 0.3) is 0 Å². The van der Waals surface area contributed by atoms with Crippen LogP contribution in [-0.2, 0) is 4.74 Å². The van der Waals surface area contributed by atoms with E-state index in [2.05, 4.69) is 15.0 Å². The van der Waals surface area contributed by atoms with Crippen LogP contribution < -0.4 is 5.32 Å². The summed E-state index contributed by atoms with van der Waals surface area (Å²) in [5, 5.41) is 2.47. The first-order valence-corrected chi connectivity index (χ1v) is 5.29. The van der Waals surface area contributed by atoms with Crippen LogP contribution in [-0.4, -0.2) is 28.7 Å². The Morgan fingerprint density at radius 1 is 1.42 bits per heavy atom. The Kier molecular flexibility index (Phi) is 3.56. The van der Waals surface area contributed by atoms with Crippen molar-refractivity contribution in [1.29, 1.82) is 0 Å². The molecule has 98 valence electrons. The minimum atomic E-state index is -0.736. The molecule has 0 bridgehead atoms. The third-order valence-corrected chi connectivity index (χ3v) is 2.37. The Hall–Kier alpha value is -2.70. The van der Waals surface area contributed by atoms with Crippen molar-refractivity contribution >= 4 is 17.7 Å². The highest BCUT2D eigenvalue weighted by molar-refractivity contribution is 6.01. The normalized spacial score (nSPS) is 10.0. The second-order valence-electron chi connectivity index (χ2n) is 3.58. The fourth-order valence-electron chi connectivity index (χ4n) is 1.46. The first-order chi connectivity index (χ1) is 9.11. The van der Waals surface area contributed by atoms with E-state index >= 15 is 0 Å². The molecular formula is C12H10FN3O3. The first kappa shape index (κ1) is 12.7. The molecule has 1 amide bonds. The van der Waals surface area contributed by atoms with Crippen molar-refractivity contribution in [3.05, 3.63) is 48.3 Å². The van der Waals surface area contributed by atoms with Gasteiger partial charge in [-0.1, -0.05) is 0 Å². The molecule has 0 atom stereocenters. The Morgan fingerprint density at radius 2 is 2.21 bits per heavy atom. The molecule has 19 heavy (non-hydrogen) atoms. The van der Waals surface area contributed by atoms with E-state index in [1.807, 2.05) is 0 Å². The number of methoxy groups -OCH3 is 1. The second-order valence-corrected chi connectivity index (χ2v) is 3.58. The molecule has 0 aliphatic heterocycles. The van der Waals surface area contributed by atoms with Crippen LogP contribution in [0.15, 0.2) is 36.9 Å². The van der Waals surface area contributed by atoms with Gasteiger partial charge in [-0.05, 0) is 18.2 Å². The molecule has 0 saturated carbocycles. The number of carbonyl (C=O) groups excluding carboxylic acids is 2. The van der Waals surface area contributed by atoms with Gasteiger partial charge < -0.3 is 10.1 Å². The summed E-state index contributed by atoms with van der Waals surface area (Å²) in [5.41, 5.74) is 0.0999. The van der Waals surface area contributed by atoms with Crippen LogP contribution in [0.1, 0.15) is 10.4 Å². The number of imidazole rings is 1. The van der Waals surface area contributed by atoms with Crippen molar-refractivity contribution in [2.45, 2.75) is 0 Å². The maximum Gasteiger partial charge on any atom is 0.340 e. The van der Waals surface area contributed by atoms with Crippen LogP contribution in [0.4, 0.5) is 14.9 Å². The minimum Gasteiger partial charge on any atom is -0.465 e. The van der Waals surface area contributed by atoms with Crippen LogP contribution in [0.5, 0.6) is 0 Å². The highest BCUT2D eigenvalue weighted by Gasteiger charge is 2.15. The van der Waals surface area contributed by atoms with Crippen molar-refractivity contribution in [3.63, 3.8) is 0 Å². The number of halogens is 1. The lowest BCUT2D eigenvalue weighted by molar-refractivity contribution is 0.0601. The predicted molar refractivity (Wildman–Crippen MR) is 64.4 cm³/mol. The zero-order valence-electron chi connectivity index (χ0n) is 9.96. The van der Waals surface area contributed by atoms with Gasteiger partial charge in [-0.25, -0.2) is 19.0 Å². The van der Waals surface area contributed by atoms with Gasteiger partial charge in [-0.2, -0.15) is 0 Å². The van der Waals surface area contributed by atoms with Gasteiger partial charge in [-0.15, -0.1) is 0 Å². The molecule has 0 radical (unpaired) electrons. The van der Waals surface area contributed by atoms with Crippen molar-refractivity contribution in [1.82, 2.24) is 9.55 Å². The molecule has 0 fully saturated rings. The lowest BCUT2D eigenvalue weighted by Crippen LogP contribution is -2.20. The Morgan fingerprint density at radius 3 is 2.84 bits per heavy atom. The Labute approximate surface area is 107 Å². The van der Waals surface area contributed by atoms with Crippen molar-refractivity contribution < 1.29 is 18.7 Å². The third-order valence-electron chi connectivity index (χ3n) is 2.37. The monoisotopic (exact) mass is 263 g/mol. The van der Waals surface area contributed by atoms with Gasteiger partial charge >= 0.3 is 12.0 Å². The average molecular weight is 263 g/mol. The lowest BCUT2D eigenvalue weighted by Gasteiger charge is -2.09. The number of hydrogen-bond donors (Lipinski definition) is 1. The van der Waals surface area contributed by atoms with E-state index in [0.29, 0.717) is 0 Å². The summed E-state index contributed by atoms with van der Waals surface area (Å²) >= 11 is 0. The summed E-state index contributed by atoms with van der Waals surface area (Å²) in [6.07, 6.45) is 4.18. The van der Waals surface area contributed by atoms with Crippen molar-refractivity contribution in [2.75, 3.05) is 12.4 Å². The highest BCUT2D eigenvalue weighted by atomic mass is 19.1. The lowest BCUT2D eigenvalue weighted by atomic mass is 10.1. The summed E-state index contributed by atoms with van der Waals surface area (Å²) in [4.78, 5) is 27.0. The number of nitrogens with zero attached hydrogens (tertiary/aromatic N) is 2. The molecule has 7 heteroatoms. The van der Waals surface area contributed by atoms with E-state index in [0.717, 1.165) is 12.1 Å². The Balaban J connectivity index is 2.29. The van der Waals surface area contributed by atoms with Crippen LogP contribution in [0.25, 0.3) is 0 Å². The first-order valence-electron chi connectivity index (χ1n) is 5.29. The molecule has 1 aromatic heterocycles. The fraction of sp³-hybridized carbons (Fsp3) is 0.0833. The molecule has 0 spiro atoms. The van der Waals surface area contributed by atoms with E-state index in [1.165, 1.54) is 36.5 Å². The summed E-state index contributed by atoms with van der Waals surface area (Å²) in [6, 6.07) is 2.90. The number of rotatable bonds is 2. The van der Waals surface area contributed by atoms with E-state index in [4.69, 9.17) is 0 Å². The number of carbonyl (C=O) groups is 2. The van der Waals surface area contributed by atoms with E-state index in [9.17, 15) is 14.0 Å². The van der Waals surface area contributed by atoms with E-state index in [-0.39, 0.29) is 11.3 Å². The molecule has 1 heterocycles. The zero-order chi connectivity index (χ0) is 13.8. The summed E-state index contributed by atoms with van der Waals surface area (Å²) in [6.45, 7) is 0. The standard InChI is InChI=1S/C12H10FN3O3/c1-19-11(17)9-6-8(13)2-3-10(9)15-12(18)16-5-4-14-7-16/h2-7H,1H3,(H,15,18). The molecule has 2 rings (SSSR count). The largest absolute Gasteiger partial charge is 0.465 e. The van der Waals surface area contributed by atoms with Gasteiger partial charge in [0, 0.05) is 12.4 Å². The molecule has 6 nitrogen and oxygen atoms in total. The van der Waals surface area contributed by atoms with Gasteiger partial charge in [0.1, 0.15) is 12.1 Å². The number of anilines is 1. The van der Waals surface area contributed by atoms with Gasteiger partial charge in [-0.3, -0.25) is 4.57 Å². The van der Waals surface area contributed by atoms with Crippen LogP contribution in [0.2, 0.25) is 0 Å². The molecule has 0 aliphatic rings. The third kappa shape index (κ3) is 2.76. The average Bonchev–Trinajstić information content (AvgIpc) is 2.94. The van der Waals surface area contributed by atoms with Crippen molar-refractivity contribution in [3.8, 4) is 0 Å². The number of hydrogen-bond acceptors (Lipinski definition) is 4. The summed E-state index contributed by atoms with van der Waals surface area (Å²) < 4.78 is 18.8. The quantitative estimate of drug-likeness (QED) is 0.840. The highest BCUT2D eigenvalue weighted by Crippen LogP contribution is 2.18. The second kappa shape index (κ2) is 5.30. The summed E-state index contributed by atoms with van der Waals surface area (Å²) in [5.74, 6) is -1.33. The topological polar surface area (TPSA) is 73.2 Å². The number of aromatic nitrogens is 2. The number of benzene rings is 1. The number of esters is 1. The van der Waals surface area contributed by atoms with E-state index < -0.39 is 17.8 Å². The predicted octanol–water partition coefficient (Wildman–Crippen LogP) is 1.89. The maximum absolute atomic E-state index is 13.1. The smallest absolute Gasteiger partial charge is 0.340 e. The zero-order valence-corrected chi connectivity index (χ0v) is 9.96. The molecule has 0 aliphatic carbocycles. The van der Waals surface area contributed by atoms with Crippen molar-refractivity contribution in [2.24, 2.45) is 0 Å². The molecule has 2 aromatic rings. The van der Waals surface area contributed by atoms with Gasteiger partial charge in [0.05, 0.1) is 18.4 Å². The SMILES string of the molecule is COC(=O)c1cc(F)ccc1NC(=O)n1ccnc1. The number of amides is 1. The molecule has 1 N–H and O–H groups in total. The Bertz CT molecular complexity index is 611. The number of nitrogens with one attached hydrogen (secondary N) is 1. The van der Waals surface area contributed by atoms with Gasteiger partial charge in [0.2, 0.25) is 0 Å². The molecule has 1 aromatic carbocycles.